The van der Waals surface area contributed by atoms with Crippen molar-refractivity contribution in [3.05, 3.63) is 28.8 Å². The molecular formula is C9H13ClN2O. The Morgan fingerprint density at radius 2 is 2.23 bits per heavy atom. The van der Waals surface area contributed by atoms with Crippen LogP contribution in [0.2, 0.25) is 5.02 Å². The number of hydroxylamine groups is 2. The van der Waals surface area contributed by atoms with Crippen LogP contribution in [0.3, 0.4) is 0 Å². The molecule has 2 N–H and O–H groups in total. The van der Waals surface area contributed by atoms with Crippen molar-refractivity contribution in [3.8, 4) is 0 Å². The van der Waals surface area contributed by atoms with E-state index in [2.05, 4.69) is 0 Å². The first-order chi connectivity index (χ1) is 6.13. The Bertz CT molecular complexity index is 291. The summed E-state index contributed by atoms with van der Waals surface area (Å²) in [6.45, 7) is 0.648. The van der Waals surface area contributed by atoms with Crippen molar-refractivity contribution in [3.63, 3.8) is 0 Å². The molecule has 0 spiro atoms. The Morgan fingerprint density at radius 3 is 2.77 bits per heavy atom. The molecule has 1 aromatic rings. The number of halogens is 1. The summed E-state index contributed by atoms with van der Waals surface area (Å²) >= 11 is 5.97. The molecule has 0 aliphatic rings. The monoisotopic (exact) mass is 200 g/mol. The third-order valence-electron chi connectivity index (χ3n) is 1.78. The second-order valence-electron chi connectivity index (χ2n) is 2.82. The largest absolute Gasteiger partial charge is 0.399 e. The number of nitrogen functional groups attached to an aromatic ring is 1. The standard InChI is InChI=1S/C9H13ClN2O/c1-12(13-2)6-7-3-4-8(11)5-9(7)10/h3-5H,6,11H2,1-2H3. The Hall–Kier alpha value is -0.770. The van der Waals surface area contributed by atoms with Gasteiger partial charge in [-0.25, -0.2) is 0 Å². The fourth-order valence-electron chi connectivity index (χ4n) is 0.996. The van der Waals surface area contributed by atoms with Gasteiger partial charge in [-0.15, -0.1) is 0 Å². The molecule has 1 aromatic carbocycles. The van der Waals surface area contributed by atoms with Gasteiger partial charge in [-0.1, -0.05) is 17.7 Å². The zero-order valence-corrected chi connectivity index (χ0v) is 8.51. The third kappa shape index (κ3) is 2.88. The van der Waals surface area contributed by atoms with Crippen molar-refractivity contribution >= 4 is 17.3 Å². The van der Waals surface area contributed by atoms with Crippen LogP contribution in [0.15, 0.2) is 18.2 Å². The van der Waals surface area contributed by atoms with Crippen LogP contribution in [0.25, 0.3) is 0 Å². The summed E-state index contributed by atoms with van der Waals surface area (Å²) in [7, 11) is 3.46. The minimum atomic E-state index is 0.648. The fraction of sp³-hybridized carbons (Fsp3) is 0.333. The minimum Gasteiger partial charge on any atom is -0.399 e. The van der Waals surface area contributed by atoms with Crippen LogP contribution >= 0.6 is 11.6 Å². The van der Waals surface area contributed by atoms with Gasteiger partial charge >= 0.3 is 0 Å². The molecule has 0 saturated heterocycles. The molecular weight excluding hydrogens is 188 g/mol. The first kappa shape index (κ1) is 10.3. The molecule has 0 heterocycles. The third-order valence-corrected chi connectivity index (χ3v) is 2.13. The van der Waals surface area contributed by atoms with Gasteiger partial charge in [0.2, 0.25) is 0 Å². The number of benzene rings is 1. The molecule has 4 heteroatoms. The van der Waals surface area contributed by atoms with Crippen molar-refractivity contribution in [2.24, 2.45) is 0 Å². The Labute approximate surface area is 83.0 Å². The predicted octanol–water partition coefficient (Wildman–Crippen LogP) is 1.92. The molecule has 0 fully saturated rings. The second-order valence-corrected chi connectivity index (χ2v) is 3.23. The highest BCUT2D eigenvalue weighted by atomic mass is 35.5. The molecule has 0 radical (unpaired) electrons. The van der Waals surface area contributed by atoms with Gasteiger partial charge in [0.1, 0.15) is 0 Å². The molecule has 0 aliphatic carbocycles. The normalized spacial score (nSPS) is 10.8. The van der Waals surface area contributed by atoms with Crippen LogP contribution in [0.1, 0.15) is 5.56 Å². The van der Waals surface area contributed by atoms with Gasteiger partial charge in [-0.3, -0.25) is 0 Å². The number of nitrogens with two attached hydrogens (primary N) is 1. The Kier molecular flexibility index (Phi) is 3.54. The van der Waals surface area contributed by atoms with Crippen LogP contribution in [0.4, 0.5) is 5.69 Å². The van der Waals surface area contributed by atoms with Gasteiger partial charge in [0, 0.05) is 17.8 Å². The number of hydrogen-bond acceptors (Lipinski definition) is 3. The molecule has 72 valence electrons. The summed E-state index contributed by atoms with van der Waals surface area (Å²) in [5, 5.41) is 2.36. The maximum Gasteiger partial charge on any atom is 0.0575 e. The molecule has 0 bridgehead atoms. The summed E-state index contributed by atoms with van der Waals surface area (Å²) in [5.41, 5.74) is 7.24. The molecule has 0 aliphatic heterocycles. The molecule has 13 heavy (non-hydrogen) atoms. The average Bonchev–Trinajstić information content (AvgIpc) is 2.09. The van der Waals surface area contributed by atoms with Crippen LogP contribution in [-0.2, 0) is 11.4 Å². The fourth-order valence-corrected chi connectivity index (χ4v) is 1.24. The van der Waals surface area contributed by atoms with Crippen molar-refractivity contribution in [1.82, 2.24) is 5.06 Å². The van der Waals surface area contributed by atoms with Crippen LogP contribution in [0.5, 0.6) is 0 Å². The molecule has 0 amide bonds. The summed E-state index contributed by atoms with van der Waals surface area (Å²) in [6.07, 6.45) is 0. The van der Waals surface area contributed by atoms with Gasteiger partial charge < -0.3 is 10.6 Å². The van der Waals surface area contributed by atoms with Crippen molar-refractivity contribution in [1.29, 1.82) is 0 Å². The van der Waals surface area contributed by atoms with Crippen LogP contribution in [-0.4, -0.2) is 19.2 Å². The Morgan fingerprint density at radius 1 is 1.54 bits per heavy atom. The topological polar surface area (TPSA) is 38.5 Å². The van der Waals surface area contributed by atoms with E-state index in [1.54, 1.807) is 18.2 Å². The van der Waals surface area contributed by atoms with Crippen LogP contribution < -0.4 is 5.73 Å². The number of anilines is 1. The molecule has 0 aromatic heterocycles. The predicted molar refractivity (Wildman–Crippen MR) is 54.3 cm³/mol. The van der Waals surface area contributed by atoms with Gasteiger partial charge in [-0.05, 0) is 17.7 Å². The summed E-state index contributed by atoms with van der Waals surface area (Å²) in [6, 6.07) is 5.46. The molecule has 3 nitrogen and oxygen atoms in total. The first-order valence-electron chi connectivity index (χ1n) is 3.92. The quantitative estimate of drug-likeness (QED) is 0.599. The first-order valence-corrected chi connectivity index (χ1v) is 4.30. The van der Waals surface area contributed by atoms with E-state index in [9.17, 15) is 0 Å². The van der Waals surface area contributed by atoms with Crippen molar-refractivity contribution in [2.75, 3.05) is 19.9 Å². The summed E-state index contributed by atoms with van der Waals surface area (Å²) in [5.74, 6) is 0. The van der Waals surface area contributed by atoms with E-state index in [0.29, 0.717) is 17.3 Å². The van der Waals surface area contributed by atoms with E-state index >= 15 is 0 Å². The molecule has 0 unspecified atom stereocenters. The van der Waals surface area contributed by atoms with E-state index < -0.39 is 0 Å². The Balaban J connectivity index is 2.77. The van der Waals surface area contributed by atoms with Crippen molar-refractivity contribution < 1.29 is 4.84 Å². The molecule has 0 atom stereocenters. The van der Waals surface area contributed by atoms with Crippen LogP contribution in [0, 0.1) is 0 Å². The highest BCUT2D eigenvalue weighted by Crippen LogP contribution is 2.20. The summed E-state index contributed by atoms with van der Waals surface area (Å²) < 4.78 is 0. The average molecular weight is 201 g/mol. The van der Waals surface area contributed by atoms with Gasteiger partial charge in [0.05, 0.1) is 13.7 Å². The molecule has 0 saturated carbocycles. The summed E-state index contributed by atoms with van der Waals surface area (Å²) in [4.78, 5) is 4.98. The number of nitrogens with zero attached hydrogens (tertiary/aromatic N) is 1. The van der Waals surface area contributed by atoms with E-state index in [1.165, 1.54) is 0 Å². The maximum absolute atomic E-state index is 5.97. The van der Waals surface area contributed by atoms with E-state index in [-0.39, 0.29) is 0 Å². The number of rotatable bonds is 3. The lowest BCUT2D eigenvalue weighted by atomic mass is 10.2. The zero-order chi connectivity index (χ0) is 9.84. The maximum atomic E-state index is 5.97. The highest BCUT2D eigenvalue weighted by Gasteiger charge is 2.03. The van der Waals surface area contributed by atoms with E-state index in [4.69, 9.17) is 22.2 Å². The minimum absolute atomic E-state index is 0.648. The second kappa shape index (κ2) is 4.46. The lowest BCUT2D eigenvalue weighted by molar-refractivity contribution is -0.116. The SMILES string of the molecule is CON(C)Cc1ccc(N)cc1Cl. The van der Waals surface area contributed by atoms with Gasteiger partial charge in [0.25, 0.3) is 0 Å². The highest BCUT2D eigenvalue weighted by molar-refractivity contribution is 6.31. The van der Waals surface area contributed by atoms with Crippen molar-refractivity contribution in [2.45, 2.75) is 6.54 Å². The van der Waals surface area contributed by atoms with E-state index in [0.717, 1.165) is 5.56 Å². The zero-order valence-electron chi connectivity index (χ0n) is 7.75. The number of hydrogen-bond donors (Lipinski definition) is 1. The smallest absolute Gasteiger partial charge is 0.0575 e. The lowest BCUT2D eigenvalue weighted by Gasteiger charge is -2.14. The molecule has 1 rings (SSSR count). The lowest BCUT2D eigenvalue weighted by Crippen LogP contribution is -2.15. The van der Waals surface area contributed by atoms with Gasteiger partial charge in [0.15, 0.2) is 0 Å². The van der Waals surface area contributed by atoms with E-state index in [1.807, 2.05) is 19.2 Å². The van der Waals surface area contributed by atoms with Gasteiger partial charge in [-0.2, -0.15) is 5.06 Å².